The van der Waals surface area contributed by atoms with E-state index >= 15 is 0 Å². The quantitative estimate of drug-likeness (QED) is 0.297. The summed E-state index contributed by atoms with van der Waals surface area (Å²) in [7, 11) is 1.58. The molecule has 0 unspecified atom stereocenters. The number of pyridine rings is 1. The fourth-order valence-electron chi connectivity index (χ4n) is 3.13. The van der Waals surface area contributed by atoms with Crippen LogP contribution >= 0.6 is 30.1 Å². The standard InChI is InChI=1S/C22H22IN3O4S/c1-4-29-21(27)25-26(22(28)30-5-2)20-18-11-10-16(31-23)12-15(18)13-24-19(20)17-9-7-6-8-14(17)3/h6-13H,4-5H2,1-3H3,(H,25,27). The number of hydrogen-bond acceptors (Lipinski definition) is 6. The first kappa shape index (κ1) is 23.1. The van der Waals surface area contributed by atoms with E-state index in [-0.39, 0.29) is 13.2 Å². The van der Waals surface area contributed by atoms with Gasteiger partial charge in [-0.15, -0.1) is 0 Å². The summed E-state index contributed by atoms with van der Waals surface area (Å²) in [5, 5.41) is 2.65. The van der Waals surface area contributed by atoms with Gasteiger partial charge in [0.05, 0.1) is 18.9 Å². The maximum atomic E-state index is 12.9. The molecule has 3 rings (SSSR count). The van der Waals surface area contributed by atoms with Crippen molar-refractivity contribution in [1.82, 2.24) is 10.4 Å². The Labute approximate surface area is 197 Å². The lowest BCUT2D eigenvalue weighted by molar-refractivity contribution is 0.139. The molecule has 0 radical (unpaired) electrons. The third-order valence-corrected chi connectivity index (χ3v) is 6.43. The fraction of sp³-hybridized carbons (Fsp3) is 0.227. The number of aryl methyl sites for hydroxylation is 1. The molecule has 162 valence electrons. The van der Waals surface area contributed by atoms with Gasteiger partial charge in [-0.25, -0.2) is 15.0 Å². The van der Waals surface area contributed by atoms with Gasteiger partial charge in [0, 0.05) is 48.6 Å². The van der Waals surface area contributed by atoms with Crippen LogP contribution in [0.1, 0.15) is 19.4 Å². The van der Waals surface area contributed by atoms with Crippen LogP contribution in [0.2, 0.25) is 0 Å². The molecule has 0 saturated carbocycles. The summed E-state index contributed by atoms with van der Waals surface area (Å²) < 4.78 is 10.3. The van der Waals surface area contributed by atoms with Gasteiger partial charge < -0.3 is 9.47 Å². The van der Waals surface area contributed by atoms with Crippen molar-refractivity contribution in [2.75, 3.05) is 18.2 Å². The van der Waals surface area contributed by atoms with E-state index < -0.39 is 12.2 Å². The Bertz CT molecular complexity index is 1110. The van der Waals surface area contributed by atoms with Crippen molar-refractivity contribution in [2.24, 2.45) is 0 Å². The average molecular weight is 551 g/mol. The van der Waals surface area contributed by atoms with Crippen LogP contribution < -0.4 is 10.4 Å². The summed E-state index contributed by atoms with van der Waals surface area (Å²) in [6.45, 7) is 5.67. The summed E-state index contributed by atoms with van der Waals surface area (Å²) in [6.07, 6.45) is 0.278. The first-order valence-corrected chi connectivity index (χ1v) is 13.0. The highest BCUT2D eigenvalue weighted by atomic mass is 127. The number of benzene rings is 2. The minimum absolute atomic E-state index is 0.146. The van der Waals surface area contributed by atoms with Crippen LogP contribution in [-0.4, -0.2) is 30.4 Å². The number of carbonyl (C=O) groups is 2. The normalized spacial score (nSPS) is 10.6. The molecule has 0 aliphatic carbocycles. The molecule has 1 heterocycles. The molecular weight excluding hydrogens is 529 g/mol. The fourth-order valence-corrected chi connectivity index (χ4v) is 4.24. The number of amides is 2. The average Bonchev–Trinajstić information content (AvgIpc) is 2.77. The number of rotatable bonds is 5. The second-order valence-corrected chi connectivity index (χ2v) is 8.41. The Balaban J connectivity index is 2.30. The van der Waals surface area contributed by atoms with E-state index in [0.717, 1.165) is 31.8 Å². The molecule has 1 aromatic heterocycles. The highest BCUT2D eigenvalue weighted by molar-refractivity contribution is 14.2. The second kappa shape index (κ2) is 10.7. The number of ether oxygens (including phenoxy) is 2. The van der Waals surface area contributed by atoms with Crippen LogP contribution in [0.5, 0.6) is 0 Å². The van der Waals surface area contributed by atoms with Crippen LogP contribution in [0.3, 0.4) is 0 Å². The lowest BCUT2D eigenvalue weighted by atomic mass is 10.0. The Morgan fingerprint density at radius 1 is 1.13 bits per heavy atom. The Hall–Kier alpha value is -2.53. The first-order valence-electron chi connectivity index (χ1n) is 9.67. The topological polar surface area (TPSA) is 80.8 Å². The molecule has 0 aliphatic heterocycles. The van der Waals surface area contributed by atoms with Crippen molar-refractivity contribution in [3.05, 3.63) is 54.2 Å². The number of halogens is 1. The summed E-state index contributed by atoms with van der Waals surface area (Å²) in [6, 6.07) is 13.6. The molecule has 0 fully saturated rings. The van der Waals surface area contributed by atoms with Gasteiger partial charge in [0.15, 0.2) is 0 Å². The Morgan fingerprint density at radius 2 is 1.87 bits per heavy atom. The number of aromatic nitrogens is 1. The largest absolute Gasteiger partial charge is 0.449 e. The predicted octanol–water partition coefficient (Wildman–Crippen LogP) is 6.28. The maximum absolute atomic E-state index is 12.9. The number of anilines is 1. The van der Waals surface area contributed by atoms with Crippen molar-refractivity contribution in [2.45, 2.75) is 25.7 Å². The van der Waals surface area contributed by atoms with Gasteiger partial charge >= 0.3 is 12.2 Å². The molecule has 2 aromatic carbocycles. The molecule has 31 heavy (non-hydrogen) atoms. The van der Waals surface area contributed by atoms with Crippen molar-refractivity contribution in [3.8, 4) is 11.3 Å². The number of nitrogens with one attached hydrogen (secondary N) is 1. The van der Waals surface area contributed by atoms with Gasteiger partial charge in [-0.3, -0.25) is 4.98 Å². The molecule has 9 heteroatoms. The van der Waals surface area contributed by atoms with Crippen LogP contribution in [0.15, 0.2) is 53.6 Å². The van der Waals surface area contributed by atoms with Crippen molar-refractivity contribution in [1.29, 1.82) is 0 Å². The number of fused-ring (bicyclic) bond motifs is 1. The van der Waals surface area contributed by atoms with Gasteiger partial charge in [-0.1, -0.05) is 39.3 Å². The Kier molecular flexibility index (Phi) is 7.97. The zero-order valence-electron chi connectivity index (χ0n) is 17.3. The second-order valence-electron chi connectivity index (χ2n) is 6.46. The van der Waals surface area contributed by atoms with Crippen molar-refractivity contribution >= 4 is 58.8 Å². The zero-order valence-corrected chi connectivity index (χ0v) is 20.3. The van der Waals surface area contributed by atoms with Crippen LogP contribution in [0.4, 0.5) is 15.3 Å². The molecule has 3 aromatic rings. The Morgan fingerprint density at radius 3 is 2.55 bits per heavy atom. The predicted molar refractivity (Wildman–Crippen MR) is 131 cm³/mol. The summed E-state index contributed by atoms with van der Waals surface area (Å²) >= 11 is 2.21. The highest BCUT2D eigenvalue weighted by Crippen LogP contribution is 2.38. The summed E-state index contributed by atoms with van der Waals surface area (Å²) in [4.78, 5) is 30.9. The molecular formula is C22H22IN3O4S. The smallest absolute Gasteiger partial charge is 0.433 e. The number of nitrogens with zero attached hydrogens (tertiary/aromatic N) is 2. The number of carbonyl (C=O) groups excluding carboxylic acids is 2. The van der Waals surface area contributed by atoms with E-state index in [1.165, 1.54) is 0 Å². The third-order valence-electron chi connectivity index (χ3n) is 4.48. The van der Waals surface area contributed by atoms with Crippen LogP contribution in [-0.2, 0) is 9.47 Å². The zero-order chi connectivity index (χ0) is 22.4. The van der Waals surface area contributed by atoms with E-state index in [9.17, 15) is 9.59 Å². The van der Waals surface area contributed by atoms with Gasteiger partial charge in [-0.05, 0) is 38.5 Å². The van der Waals surface area contributed by atoms with E-state index in [0.29, 0.717) is 11.4 Å². The molecule has 0 atom stereocenters. The minimum atomic E-state index is -0.761. The van der Waals surface area contributed by atoms with Gasteiger partial charge in [0.1, 0.15) is 5.69 Å². The first-order chi connectivity index (χ1) is 15.0. The molecule has 1 N–H and O–H groups in total. The minimum Gasteiger partial charge on any atom is -0.449 e. The summed E-state index contributed by atoms with van der Waals surface area (Å²) in [5.41, 5.74) is 5.31. The van der Waals surface area contributed by atoms with Crippen molar-refractivity contribution < 1.29 is 19.1 Å². The molecule has 2 amide bonds. The monoisotopic (exact) mass is 551 g/mol. The van der Waals surface area contributed by atoms with Crippen LogP contribution in [0, 0.1) is 6.92 Å². The van der Waals surface area contributed by atoms with Gasteiger partial charge in [0.25, 0.3) is 0 Å². The van der Waals surface area contributed by atoms with E-state index in [4.69, 9.17) is 9.47 Å². The van der Waals surface area contributed by atoms with Gasteiger partial charge in [0.2, 0.25) is 0 Å². The third kappa shape index (κ3) is 5.21. The molecule has 7 nitrogen and oxygen atoms in total. The molecule has 0 aliphatic rings. The molecule has 0 saturated heterocycles. The number of hydrazine groups is 1. The van der Waals surface area contributed by atoms with E-state index in [1.807, 2.05) is 49.4 Å². The van der Waals surface area contributed by atoms with Gasteiger partial charge in [-0.2, -0.15) is 5.01 Å². The van der Waals surface area contributed by atoms with Crippen LogP contribution in [0.25, 0.3) is 22.0 Å². The molecule has 0 bridgehead atoms. The van der Waals surface area contributed by atoms with Crippen molar-refractivity contribution in [3.63, 3.8) is 0 Å². The van der Waals surface area contributed by atoms with E-state index in [1.54, 1.807) is 29.0 Å². The maximum Gasteiger partial charge on any atom is 0.433 e. The number of hydrogen-bond donors (Lipinski definition) is 1. The molecule has 0 spiro atoms. The lowest BCUT2D eigenvalue weighted by Gasteiger charge is -2.25. The van der Waals surface area contributed by atoms with E-state index in [2.05, 4.69) is 31.6 Å². The highest BCUT2D eigenvalue weighted by Gasteiger charge is 2.27. The summed E-state index contributed by atoms with van der Waals surface area (Å²) in [5.74, 6) is 0. The SMILES string of the molecule is CCOC(=O)NN(C(=O)OCC)c1c(-c2ccccc2C)ncc2cc(SI)ccc12. The lowest BCUT2D eigenvalue weighted by Crippen LogP contribution is -2.47.